The zero-order valence-corrected chi connectivity index (χ0v) is 12.7. The van der Waals surface area contributed by atoms with Crippen LogP contribution in [-0.4, -0.2) is 4.89 Å². The zero-order valence-electron chi connectivity index (χ0n) is 8.58. The number of benzene rings is 2. The van der Waals surface area contributed by atoms with Crippen molar-refractivity contribution in [1.29, 1.82) is 0 Å². The second-order valence-electron chi connectivity index (χ2n) is 3.25. The minimum Gasteiger partial charge on any atom is -0.338 e. The molecule has 2 rings (SSSR count). The van der Waals surface area contributed by atoms with E-state index in [1.54, 1.807) is 48.5 Å². The van der Waals surface area contributed by atoms with Crippen molar-refractivity contribution in [2.45, 2.75) is 0 Å². The van der Waals surface area contributed by atoms with E-state index in [1.165, 1.54) is 0 Å². The van der Waals surface area contributed by atoms with Gasteiger partial charge in [-0.2, -0.15) is 0 Å². The Morgan fingerprint density at radius 3 is 1.38 bits per heavy atom. The molecule has 0 saturated carbocycles. The maximum atomic E-state index is 12.2. The molecule has 2 aromatic carbocycles. The Morgan fingerprint density at radius 1 is 0.750 bits per heavy atom. The van der Waals surface area contributed by atoms with Crippen LogP contribution >= 0.6 is 7.37 Å². The number of rotatable bonds is 2. The summed E-state index contributed by atoms with van der Waals surface area (Å²) in [5.74, 6) is 0. The van der Waals surface area contributed by atoms with E-state index in [9.17, 15) is 9.46 Å². The first-order valence-electron chi connectivity index (χ1n) is 4.65. The molecule has 0 bridgehead atoms. The molecule has 0 aromatic heterocycles. The van der Waals surface area contributed by atoms with Crippen LogP contribution in [0.1, 0.15) is 0 Å². The molecule has 0 atom stereocenters. The largest absolute Gasteiger partial charge is 0.338 e. The van der Waals surface area contributed by atoms with Gasteiger partial charge in [-0.05, 0) is 24.3 Å². The minimum absolute atomic E-state index is 0. The first-order chi connectivity index (χ1) is 7.21. The van der Waals surface area contributed by atoms with Crippen LogP contribution in [-0.2, 0) is 4.57 Å². The van der Waals surface area contributed by atoms with Crippen molar-refractivity contribution in [2.75, 3.05) is 0 Å². The van der Waals surface area contributed by atoms with Crippen molar-refractivity contribution in [1.82, 2.24) is 0 Å². The Labute approximate surface area is 128 Å². The zero-order chi connectivity index (χ0) is 10.7. The maximum Gasteiger partial charge on any atom is 0.258 e. The van der Waals surface area contributed by atoms with Crippen molar-refractivity contribution in [3.8, 4) is 0 Å². The molecule has 0 spiro atoms. The summed E-state index contributed by atoms with van der Waals surface area (Å²) in [6, 6.07) is 17.4. The van der Waals surface area contributed by atoms with Crippen molar-refractivity contribution in [3.63, 3.8) is 0 Å². The van der Waals surface area contributed by atoms with E-state index in [2.05, 4.69) is 0 Å². The Balaban J connectivity index is 0.00000128. The molecule has 0 aliphatic rings. The third kappa shape index (κ3) is 3.01. The van der Waals surface area contributed by atoms with Crippen LogP contribution in [0.5, 0.6) is 0 Å². The van der Waals surface area contributed by atoms with E-state index >= 15 is 0 Å². The van der Waals surface area contributed by atoms with Gasteiger partial charge < -0.3 is 4.89 Å². The summed E-state index contributed by atoms with van der Waals surface area (Å²) in [5.41, 5.74) is 0. The van der Waals surface area contributed by atoms with Gasteiger partial charge in [0.1, 0.15) is 0 Å². The van der Waals surface area contributed by atoms with Crippen LogP contribution < -0.4 is 10.6 Å². The number of hydrogen-bond acceptors (Lipinski definition) is 1. The summed E-state index contributed by atoms with van der Waals surface area (Å²) in [5, 5.41) is 0.937. The molecule has 0 aliphatic heterocycles. The Bertz CT molecular complexity index is 441. The molecule has 2 aromatic rings. The molecule has 0 heterocycles. The van der Waals surface area contributed by atoms with Gasteiger partial charge in [0.15, 0.2) is 0 Å². The average Bonchev–Trinajstić information content (AvgIpc) is 2.31. The molecule has 0 fully saturated rings. The summed E-state index contributed by atoms with van der Waals surface area (Å²) in [7, 11) is -3.40. The molecular formula is C12H11NdO2P. The molecule has 0 amide bonds. The molecule has 0 saturated heterocycles. The molecule has 1 N–H and O–H groups in total. The first-order valence-corrected chi connectivity index (χ1v) is 6.31. The van der Waals surface area contributed by atoms with Crippen LogP contribution in [0, 0.1) is 40.8 Å². The topological polar surface area (TPSA) is 37.3 Å². The van der Waals surface area contributed by atoms with Gasteiger partial charge in [0.25, 0.3) is 7.37 Å². The van der Waals surface area contributed by atoms with Gasteiger partial charge in [-0.3, -0.25) is 4.57 Å². The smallest absolute Gasteiger partial charge is 0.258 e. The molecular weight excluding hydrogens is 351 g/mol. The fourth-order valence-corrected chi connectivity index (χ4v) is 2.86. The van der Waals surface area contributed by atoms with E-state index in [0.29, 0.717) is 10.6 Å². The molecule has 16 heavy (non-hydrogen) atoms. The predicted octanol–water partition coefficient (Wildman–Crippen LogP) is 1.91. The molecule has 0 unspecified atom stereocenters. The number of hydrogen-bond donors (Lipinski definition) is 1. The summed E-state index contributed by atoms with van der Waals surface area (Å²) in [4.78, 5) is 10.0. The second kappa shape index (κ2) is 6.06. The van der Waals surface area contributed by atoms with Crippen molar-refractivity contribution < 1.29 is 50.3 Å². The van der Waals surface area contributed by atoms with Crippen molar-refractivity contribution >= 4 is 18.0 Å². The summed E-state index contributed by atoms with van der Waals surface area (Å²) in [6.07, 6.45) is 0. The fraction of sp³-hybridized carbons (Fsp3) is 0. The first kappa shape index (κ1) is 14.0. The predicted molar refractivity (Wildman–Crippen MR) is 62.0 cm³/mol. The minimum atomic E-state index is -3.40. The van der Waals surface area contributed by atoms with Crippen LogP contribution in [0.25, 0.3) is 0 Å². The van der Waals surface area contributed by atoms with Gasteiger partial charge in [0, 0.05) is 51.4 Å². The van der Waals surface area contributed by atoms with E-state index in [-0.39, 0.29) is 40.8 Å². The normalized spacial score (nSPS) is 10.6. The van der Waals surface area contributed by atoms with E-state index < -0.39 is 7.37 Å². The summed E-state index contributed by atoms with van der Waals surface area (Å²) < 4.78 is 12.2. The Morgan fingerprint density at radius 2 is 1.06 bits per heavy atom. The van der Waals surface area contributed by atoms with Crippen LogP contribution in [0.3, 0.4) is 0 Å². The van der Waals surface area contributed by atoms with E-state index in [4.69, 9.17) is 0 Å². The Kier molecular flexibility index (Phi) is 5.32. The molecule has 0 aliphatic carbocycles. The van der Waals surface area contributed by atoms with Crippen LogP contribution in [0.4, 0.5) is 0 Å². The SMILES string of the molecule is O=P(O)(c1ccccc1)c1ccccc1.[Nd]. The van der Waals surface area contributed by atoms with Crippen molar-refractivity contribution in [2.24, 2.45) is 0 Å². The standard InChI is InChI=1S/C12H11O2P.Nd/c13-15(14,11-7-3-1-4-8-11)12-9-5-2-6-10-12;/h1-10H,(H,13,14);. The average molecular weight is 362 g/mol. The van der Waals surface area contributed by atoms with Crippen LogP contribution in [0.2, 0.25) is 0 Å². The fourth-order valence-electron chi connectivity index (χ4n) is 1.41. The van der Waals surface area contributed by atoms with Gasteiger partial charge in [0.05, 0.1) is 0 Å². The van der Waals surface area contributed by atoms with Crippen molar-refractivity contribution in [3.05, 3.63) is 60.7 Å². The molecule has 4 heteroatoms. The van der Waals surface area contributed by atoms with Crippen LogP contribution in [0.15, 0.2) is 60.7 Å². The second-order valence-corrected chi connectivity index (χ2v) is 5.43. The quantitative estimate of drug-likeness (QED) is 0.829. The van der Waals surface area contributed by atoms with E-state index in [1.807, 2.05) is 12.1 Å². The monoisotopic (exact) mass is 360 g/mol. The van der Waals surface area contributed by atoms with Gasteiger partial charge >= 0.3 is 0 Å². The molecule has 2 nitrogen and oxygen atoms in total. The van der Waals surface area contributed by atoms with E-state index in [0.717, 1.165) is 0 Å². The summed E-state index contributed by atoms with van der Waals surface area (Å²) >= 11 is 0. The third-order valence-corrected chi connectivity index (χ3v) is 4.21. The molecule has 80 valence electrons. The molecule has 0 radical (unpaired) electrons. The maximum absolute atomic E-state index is 12.2. The summed E-state index contributed by atoms with van der Waals surface area (Å²) in [6.45, 7) is 0. The van der Waals surface area contributed by atoms with Gasteiger partial charge in [-0.1, -0.05) is 36.4 Å². The van der Waals surface area contributed by atoms with Gasteiger partial charge in [0.2, 0.25) is 0 Å². The van der Waals surface area contributed by atoms with Gasteiger partial charge in [-0.25, -0.2) is 0 Å². The Hall–Kier alpha value is -0.0194. The third-order valence-electron chi connectivity index (χ3n) is 2.21. The van der Waals surface area contributed by atoms with Gasteiger partial charge in [-0.15, -0.1) is 0 Å².